The van der Waals surface area contributed by atoms with Crippen molar-refractivity contribution >= 4 is 15.9 Å². The van der Waals surface area contributed by atoms with E-state index in [2.05, 4.69) is 0 Å². The normalized spacial score (nSPS) is 10.6. The molecule has 0 spiro atoms. The summed E-state index contributed by atoms with van der Waals surface area (Å²) in [6.45, 7) is 0. The minimum absolute atomic E-state index is 0. The Hall–Kier alpha value is -0.980. The molecule has 4 nitrogen and oxygen atoms in total. The number of rotatable bonds is 3. The second-order valence-electron chi connectivity index (χ2n) is 3.70. The zero-order valence-electron chi connectivity index (χ0n) is 11.3. The van der Waals surface area contributed by atoms with Crippen molar-refractivity contribution in [2.45, 2.75) is 4.90 Å². The third-order valence-corrected chi connectivity index (χ3v) is 3.28. The Morgan fingerprint density at radius 2 is 1.53 bits per heavy atom. The molecule has 0 saturated carbocycles. The van der Waals surface area contributed by atoms with Crippen molar-refractivity contribution in [3.63, 3.8) is 0 Å². The van der Waals surface area contributed by atoms with E-state index in [9.17, 15) is 13.2 Å². The predicted octanol–water partition coefficient (Wildman–Crippen LogP) is -0.719. The topological polar surface area (TPSA) is 71.4 Å². The zero-order chi connectivity index (χ0) is 13.2. The molecule has 0 bridgehead atoms. The van der Waals surface area contributed by atoms with Crippen LogP contribution >= 0.6 is 0 Å². The van der Waals surface area contributed by atoms with Gasteiger partial charge in [0.25, 0.3) is 10.1 Å². The van der Waals surface area contributed by atoms with Crippen LogP contribution in [0.5, 0.6) is 0 Å². The number of carbonyl (C=O) groups is 1. The van der Waals surface area contributed by atoms with E-state index >= 15 is 0 Å². The Morgan fingerprint density at radius 1 is 0.947 bits per heavy atom. The summed E-state index contributed by atoms with van der Waals surface area (Å²) in [7, 11) is -4.29. The number of ketones is 1. The molecule has 0 aromatic heterocycles. The first-order valence-corrected chi connectivity index (χ1v) is 6.60. The summed E-state index contributed by atoms with van der Waals surface area (Å²) in [5, 5.41) is 0. The van der Waals surface area contributed by atoms with Crippen LogP contribution in [0.4, 0.5) is 0 Å². The molecule has 0 fully saturated rings. The monoisotopic (exact) mass is 286 g/mol. The average molecular weight is 286 g/mol. The molecule has 0 unspecified atom stereocenters. The average Bonchev–Trinajstić information content (AvgIpc) is 2.38. The van der Waals surface area contributed by atoms with Crippen molar-refractivity contribution in [2.75, 3.05) is 0 Å². The van der Waals surface area contributed by atoms with Crippen molar-refractivity contribution in [2.24, 2.45) is 0 Å². The van der Waals surface area contributed by atoms with E-state index in [-0.39, 0.29) is 47.2 Å². The molecule has 0 aliphatic carbocycles. The Morgan fingerprint density at radius 3 is 2.11 bits per heavy atom. The van der Waals surface area contributed by atoms with Crippen molar-refractivity contribution in [1.82, 2.24) is 0 Å². The van der Waals surface area contributed by atoms with Gasteiger partial charge in [-0.25, -0.2) is 0 Å². The van der Waals surface area contributed by atoms with Crippen LogP contribution < -0.4 is 29.6 Å². The van der Waals surface area contributed by atoms with E-state index in [1.165, 1.54) is 18.2 Å². The number of hydrogen-bond donors (Lipinski definition) is 1. The van der Waals surface area contributed by atoms with E-state index < -0.39 is 10.1 Å². The fourth-order valence-electron chi connectivity index (χ4n) is 1.55. The first kappa shape index (κ1) is 16.1. The maximum atomic E-state index is 12.0. The Labute approximate surface area is 135 Å². The van der Waals surface area contributed by atoms with Crippen LogP contribution in [0.15, 0.2) is 59.5 Å². The minimum atomic E-state index is -4.29. The molecular weight excluding hydrogens is 275 g/mol. The van der Waals surface area contributed by atoms with Gasteiger partial charge in [0.2, 0.25) is 0 Å². The van der Waals surface area contributed by atoms with Crippen LogP contribution in [0, 0.1) is 0 Å². The summed E-state index contributed by atoms with van der Waals surface area (Å²) in [4.78, 5) is 11.8. The first-order chi connectivity index (χ1) is 8.48. The molecule has 0 heterocycles. The molecule has 2 aromatic rings. The maximum Gasteiger partial charge on any atom is 1.00 e. The Kier molecular flexibility index (Phi) is 5.46. The van der Waals surface area contributed by atoms with Crippen molar-refractivity contribution in [3.05, 3.63) is 65.7 Å². The van der Waals surface area contributed by atoms with E-state index in [4.69, 9.17) is 4.55 Å². The van der Waals surface area contributed by atoms with Crippen LogP contribution in [0.2, 0.25) is 0 Å². The van der Waals surface area contributed by atoms with Crippen LogP contribution in [-0.4, -0.2) is 18.8 Å². The van der Waals surface area contributed by atoms with E-state index in [1.807, 2.05) is 0 Å². The predicted molar refractivity (Wildman–Crippen MR) is 67.2 cm³/mol. The van der Waals surface area contributed by atoms with Gasteiger partial charge in [-0.1, -0.05) is 42.5 Å². The molecule has 2 aromatic carbocycles. The molecule has 1 N–H and O–H groups in total. The summed E-state index contributed by atoms with van der Waals surface area (Å²) in [6.07, 6.45) is 0. The van der Waals surface area contributed by atoms with Crippen molar-refractivity contribution in [3.8, 4) is 0 Å². The van der Waals surface area contributed by atoms with Gasteiger partial charge in [0.05, 0.1) is 4.90 Å². The molecule has 0 atom stereocenters. The molecule has 0 aliphatic heterocycles. The van der Waals surface area contributed by atoms with Gasteiger partial charge in [0.1, 0.15) is 0 Å². The SMILES string of the molecule is O=C(c1ccccc1)c1cccc(S(=O)(=O)O)c1.[H-].[Na+]. The number of benzene rings is 2. The molecule has 0 aliphatic rings. The molecule has 94 valence electrons. The Balaban J connectivity index is 0.00000180. The summed E-state index contributed by atoms with van der Waals surface area (Å²) in [5.41, 5.74) is 0.682. The second kappa shape index (κ2) is 6.45. The minimum Gasteiger partial charge on any atom is -1.00 e. The van der Waals surface area contributed by atoms with Crippen molar-refractivity contribution in [1.29, 1.82) is 0 Å². The molecule has 6 heteroatoms. The number of hydrogen-bond acceptors (Lipinski definition) is 3. The van der Waals surface area contributed by atoms with Gasteiger partial charge >= 0.3 is 29.6 Å². The first-order valence-electron chi connectivity index (χ1n) is 5.16. The number of carbonyl (C=O) groups excluding carboxylic acids is 1. The molecule has 0 saturated heterocycles. The standard InChI is InChI=1S/C13H10O4S.Na.H/c14-13(10-5-2-1-3-6-10)11-7-4-8-12(9-11)18(15,16)17;;/h1-9H,(H,15,16,17);;/q;+1;-1. The fourth-order valence-corrected chi connectivity index (χ4v) is 2.08. The van der Waals surface area contributed by atoms with Crippen LogP contribution in [0.3, 0.4) is 0 Å². The third-order valence-electron chi connectivity index (χ3n) is 2.43. The van der Waals surface area contributed by atoms with Crippen molar-refractivity contribution < 1.29 is 48.7 Å². The van der Waals surface area contributed by atoms with Gasteiger partial charge in [-0.15, -0.1) is 0 Å². The van der Waals surface area contributed by atoms with Gasteiger partial charge < -0.3 is 1.43 Å². The Bertz CT molecular complexity index is 687. The quantitative estimate of drug-likeness (QED) is 0.459. The van der Waals surface area contributed by atoms with Crippen LogP contribution in [0.25, 0.3) is 0 Å². The van der Waals surface area contributed by atoms with Gasteiger partial charge in [-0.3, -0.25) is 9.35 Å². The smallest absolute Gasteiger partial charge is 1.00 e. The van der Waals surface area contributed by atoms with Crippen LogP contribution in [0.1, 0.15) is 17.3 Å². The molecule has 0 amide bonds. The molecule has 2 rings (SSSR count). The van der Waals surface area contributed by atoms with Crippen LogP contribution in [-0.2, 0) is 10.1 Å². The van der Waals surface area contributed by atoms with Gasteiger partial charge in [-0.05, 0) is 12.1 Å². The van der Waals surface area contributed by atoms with Gasteiger partial charge in [-0.2, -0.15) is 8.42 Å². The van der Waals surface area contributed by atoms with E-state index in [1.54, 1.807) is 30.3 Å². The summed E-state index contributed by atoms with van der Waals surface area (Å²) >= 11 is 0. The summed E-state index contributed by atoms with van der Waals surface area (Å²) in [6, 6.07) is 13.8. The van der Waals surface area contributed by atoms with E-state index in [0.717, 1.165) is 6.07 Å². The second-order valence-corrected chi connectivity index (χ2v) is 5.12. The summed E-state index contributed by atoms with van der Waals surface area (Å²) in [5.74, 6) is -0.291. The van der Waals surface area contributed by atoms with E-state index in [0.29, 0.717) is 5.56 Å². The molecular formula is C13H11NaO4S. The maximum absolute atomic E-state index is 12.0. The van der Waals surface area contributed by atoms with Gasteiger partial charge in [0.15, 0.2) is 5.78 Å². The molecule has 19 heavy (non-hydrogen) atoms. The summed E-state index contributed by atoms with van der Waals surface area (Å²) < 4.78 is 30.9. The zero-order valence-corrected chi connectivity index (χ0v) is 13.1. The molecule has 0 radical (unpaired) electrons. The largest absolute Gasteiger partial charge is 1.00 e. The fraction of sp³-hybridized carbons (Fsp3) is 0. The third kappa shape index (κ3) is 3.99. The van der Waals surface area contributed by atoms with Gasteiger partial charge in [0, 0.05) is 11.1 Å².